The summed E-state index contributed by atoms with van der Waals surface area (Å²) in [6, 6.07) is 17.7. The van der Waals surface area contributed by atoms with Gasteiger partial charge in [0.15, 0.2) is 0 Å². The average molecular weight is 324 g/mol. The Bertz CT molecular complexity index is 679. The second-order valence-electron chi connectivity index (χ2n) is 6.34. The highest BCUT2D eigenvalue weighted by Crippen LogP contribution is 2.28. The Kier molecular flexibility index (Phi) is 5.28. The third-order valence-corrected chi connectivity index (χ3v) is 4.70. The summed E-state index contributed by atoms with van der Waals surface area (Å²) in [5, 5.41) is 12.7. The molecule has 1 aliphatic heterocycles. The fraction of sp³-hybridized carbons (Fsp3) is 0.350. The van der Waals surface area contributed by atoms with Crippen molar-refractivity contribution in [2.45, 2.75) is 31.9 Å². The molecule has 4 nitrogen and oxygen atoms in total. The molecular weight excluding hydrogens is 300 g/mol. The van der Waals surface area contributed by atoms with Gasteiger partial charge in [0.2, 0.25) is 5.91 Å². The second-order valence-corrected chi connectivity index (χ2v) is 6.34. The molecule has 0 radical (unpaired) electrons. The molecule has 126 valence electrons. The number of benzene rings is 2. The Morgan fingerprint density at radius 2 is 1.71 bits per heavy atom. The van der Waals surface area contributed by atoms with E-state index in [1.54, 1.807) is 0 Å². The topological polar surface area (TPSA) is 52.6 Å². The molecule has 0 aliphatic carbocycles. The van der Waals surface area contributed by atoms with Crippen molar-refractivity contribution in [1.82, 2.24) is 4.90 Å². The lowest BCUT2D eigenvalue weighted by molar-refractivity contribution is -0.121. The van der Waals surface area contributed by atoms with Gasteiger partial charge in [0, 0.05) is 24.3 Å². The van der Waals surface area contributed by atoms with E-state index in [0.717, 1.165) is 42.7 Å². The van der Waals surface area contributed by atoms with E-state index in [4.69, 9.17) is 0 Å². The molecule has 1 amide bonds. The number of likely N-dealkylation sites (tertiary alicyclic amines) is 1. The molecular formula is C20H24N2O2. The summed E-state index contributed by atoms with van der Waals surface area (Å²) in [5.74, 6) is -0.00484. The summed E-state index contributed by atoms with van der Waals surface area (Å²) < 4.78 is 0. The molecule has 1 fully saturated rings. The number of aliphatic hydroxyl groups is 1. The maximum atomic E-state index is 12.7. The minimum absolute atomic E-state index is 0.00484. The minimum atomic E-state index is -0.227. The minimum Gasteiger partial charge on any atom is -0.393 e. The number of hydrogen-bond acceptors (Lipinski definition) is 3. The maximum absolute atomic E-state index is 12.7. The Balaban J connectivity index is 1.73. The third kappa shape index (κ3) is 3.83. The summed E-state index contributed by atoms with van der Waals surface area (Å²) in [6.07, 6.45) is 1.24. The Morgan fingerprint density at radius 1 is 1.08 bits per heavy atom. The first-order valence-corrected chi connectivity index (χ1v) is 8.52. The lowest BCUT2D eigenvalue weighted by Crippen LogP contribution is -2.47. The van der Waals surface area contributed by atoms with Crippen molar-refractivity contribution in [3.8, 4) is 11.1 Å². The van der Waals surface area contributed by atoms with E-state index >= 15 is 0 Å². The van der Waals surface area contributed by atoms with Crippen molar-refractivity contribution in [3.05, 3.63) is 54.6 Å². The summed E-state index contributed by atoms with van der Waals surface area (Å²) >= 11 is 0. The van der Waals surface area contributed by atoms with Gasteiger partial charge in [0.25, 0.3) is 0 Å². The molecule has 0 spiro atoms. The van der Waals surface area contributed by atoms with Gasteiger partial charge in [-0.3, -0.25) is 9.69 Å². The molecule has 0 unspecified atom stereocenters. The van der Waals surface area contributed by atoms with Gasteiger partial charge in [-0.1, -0.05) is 48.5 Å². The van der Waals surface area contributed by atoms with Gasteiger partial charge in [-0.25, -0.2) is 0 Å². The molecule has 0 aromatic heterocycles. The Morgan fingerprint density at radius 3 is 2.42 bits per heavy atom. The number of carbonyl (C=O) groups is 1. The van der Waals surface area contributed by atoms with Crippen LogP contribution in [0.3, 0.4) is 0 Å². The predicted molar refractivity (Wildman–Crippen MR) is 96.8 cm³/mol. The van der Waals surface area contributed by atoms with Gasteiger partial charge >= 0.3 is 0 Å². The third-order valence-electron chi connectivity index (χ3n) is 4.70. The lowest BCUT2D eigenvalue weighted by Gasteiger charge is -2.33. The zero-order valence-electron chi connectivity index (χ0n) is 14.0. The van der Waals surface area contributed by atoms with Crippen LogP contribution in [0.25, 0.3) is 11.1 Å². The Labute approximate surface area is 143 Å². The van der Waals surface area contributed by atoms with Crippen molar-refractivity contribution in [2.24, 2.45) is 0 Å². The standard InChI is InChI=1S/C20H24N2O2/c1-15(22-13-11-17(23)12-14-22)20(24)21-19-10-6-5-9-18(19)16-7-3-2-4-8-16/h2-10,15,17,23H,11-14H2,1H3,(H,21,24)/t15-/m1/s1. The summed E-state index contributed by atoms with van der Waals surface area (Å²) in [7, 11) is 0. The van der Waals surface area contributed by atoms with E-state index < -0.39 is 0 Å². The molecule has 1 aliphatic rings. The van der Waals surface area contributed by atoms with Gasteiger partial charge in [-0.15, -0.1) is 0 Å². The van der Waals surface area contributed by atoms with Crippen LogP contribution in [0.1, 0.15) is 19.8 Å². The summed E-state index contributed by atoms with van der Waals surface area (Å²) in [5.41, 5.74) is 2.94. The molecule has 1 saturated heterocycles. The summed E-state index contributed by atoms with van der Waals surface area (Å²) in [4.78, 5) is 14.8. The number of rotatable bonds is 4. The van der Waals surface area contributed by atoms with Crippen LogP contribution in [0.2, 0.25) is 0 Å². The van der Waals surface area contributed by atoms with E-state index in [0.29, 0.717) is 0 Å². The molecule has 1 atom stereocenters. The van der Waals surface area contributed by atoms with Crippen LogP contribution in [0, 0.1) is 0 Å². The van der Waals surface area contributed by atoms with Crippen LogP contribution in [0.5, 0.6) is 0 Å². The number of para-hydroxylation sites is 1. The summed E-state index contributed by atoms with van der Waals surface area (Å²) in [6.45, 7) is 3.45. The first-order chi connectivity index (χ1) is 11.6. The average Bonchev–Trinajstić information content (AvgIpc) is 2.63. The number of aliphatic hydroxyl groups excluding tert-OH is 1. The first-order valence-electron chi connectivity index (χ1n) is 8.52. The molecule has 2 N–H and O–H groups in total. The first kappa shape index (κ1) is 16.7. The Hall–Kier alpha value is -2.17. The normalized spacial score (nSPS) is 17.4. The van der Waals surface area contributed by atoms with E-state index in [1.165, 1.54) is 0 Å². The molecule has 0 saturated carbocycles. The highest BCUT2D eigenvalue weighted by Gasteiger charge is 2.26. The van der Waals surface area contributed by atoms with E-state index in [1.807, 2.05) is 61.5 Å². The number of anilines is 1. The molecule has 3 rings (SSSR count). The zero-order chi connectivity index (χ0) is 16.9. The predicted octanol–water partition coefficient (Wildman–Crippen LogP) is 3.14. The molecule has 0 bridgehead atoms. The number of nitrogens with one attached hydrogen (secondary N) is 1. The highest BCUT2D eigenvalue weighted by molar-refractivity contribution is 5.98. The van der Waals surface area contributed by atoms with Gasteiger partial charge in [-0.05, 0) is 31.4 Å². The van der Waals surface area contributed by atoms with Crippen molar-refractivity contribution in [3.63, 3.8) is 0 Å². The van der Waals surface area contributed by atoms with Crippen molar-refractivity contribution in [2.75, 3.05) is 18.4 Å². The van der Waals surface area contributed by atoms with Crippen molar-refractivity contribution < 1.29 is 9.90 Å². The monoisotopic (exact) mass is 324 g/mol. The van der Waals surface area contributed by atoms with E-state index in [2.05, 4.69) is 10.2 Å². The fourth-order valence-electron chi connectivity index (χ4n) is 3.14. The quantitative estimate of drug-likeness (QED) is 0.908. The highest BCUT2D eigenvalue weighted by atomic mass is 16.3. The van der Waals surface area contributed by atoms with Crippen LogP contribution in [-0.2, 0) is 4.79 Å². The molecule has 24 heavy (non-hydrogen) atoms. The van der Waals surface area contributed by atoms with Crippen LogP contribution in [0.15, 0.2) is 54.6 Å². The second kappa shape index (κ2) is 7.60. The fourth-order valence-corrected chi connectivity index (χ4v) is 3.14. The van der Waals surface area contributed by atoms with Gasteiger partial charge in [0.05, 0.1) is 12.1 Å². The number of carbonyl (C=O) groups excluding carboxylic acids is 1. The van der Waals surface area contributed by atoms with Gasteiger partial charge in [-0.2, -0.15) is 0 Å². The van der Waals surface area contributed by atoms with Gasteiger partial charge in [0.1, 0.15) is 0 Å². The SMILES string of the molecule is C[C@H](C(=O)Nc1ccccc1-c1ccccc1)N1CCC(O)CC1. The number of amides is 1. The van der Waals surface area contributed by atoms with Crippen LogP contribution < -0.4 is 5.32 Å². The van der Waals surface area contributed by atoms with Crippen molar-refractivity contribution >= 4 is 11.6 Å². The molecule has 2 aromatic rings. The van der Waals surface area contributed by atoms with Crippen molar-refractivity contribution in [1.29, 1.82) is 0 Å². The van der Waals surface area contributed by atoms with E-state index in [9.17, 15) is 9.90 Å². The smallest absolute Gasteiger partial charge is 0.241 e. The maximum Gasteiger partial charge on any atom is 0.241 e. The lowest BCUT2D eigenvalue weighted by atomic mass is 10.0. The molecule has 2 aromatic carbocycles. The van der Waals surface area contributed by atoms with E-state index in [-0.39, 0.29) is 18.1 Å². The molecule has 4 heteroatoms. The van der Waals surface area contributed by atoms with Gasteiger partial charge < -0.3 is 10.4 Å². The van der Waals surface area contributed by atoms with Crippen LogP contribution in [0.4, 0.5) is 5.69 Å². The number of nitrogens with zero attached hydrogens (tertiary/aromatic N) is 1. The molecule has 1 heterocycles. The number of hydrogen-bond donors (Lipinski definition) is 2. The zero-order valence-corrected chi connectivity index (χ0v) is 14.0. The van der Waals surface area contributed by atoms with Crippen LogP contribution in [-0.4, -0.2) is 41.1 Å². The largest absolute Gasteiger partial charge is 0.393 e. The van der Waals surface area contributed by atoms with Crippen LogP contribution >= 0.6 is 0 Å². The number of piperidine rings is 1.